The summed E-state index contributed by atoms with van der Waals surface area (Å²) in [5, 5.41) is 0.989. The topological polar surface area (TPSA) is 21.6 Å². The molecule has 2 nitrogen and oxygen atoms in total. The molecule has 0 unspecified atom stereocenters. The van der Waals surface area contributed by atoms with Crippen LogP contribution in [0.15, 0.2) is 29.5 Å². The van der Waals surface area contributed by atoms with E-state index in [4.69, 9.17) is 4.74 Å². The average Bonchev–Trinajstić information content (AvgIpc) is 2.14. The SMILES string of the molecule is C=CCSC1=NC(C)(C)CC=C1OC. The van der Waals surface area contributed by atoms with Gasteiger partial charge in [-0.25, -0.2) is 0 Å². The van der Waals surface area contributed by atoms with Crippen LogP contribution >= 0.6 is 11.8 Å². The van der Waals surface area contributed by atoms with Crippen LogP contribution in [0.4, 0.5) is 0 Å². The highest BCUT2D eigenvalue weighted by Gasteiger charge is 2.23. The lowest BCUT2D eigenvalue weighted by molar-refractivity contribution is 0.308. The Kier molecular flexibility index (Phi) is 3.81. The van der Waals surface area contributed by atoms with Crippen molar-refractivity contribution in [2.24, 2.45) is 4.99 Å². The third-order valence-electron chi connectivity index (χ3n) is 1.96. The first-order valence-electron chi connectivity index (χ1n) is 4.67. The minimum Gasteiger partial charge on any atom is -0.494 e. The van der Waals surface area contributed by atoms with Gasteiger partial charge in [0.25, 0.3) is 0 Å². The number of thioether (sulfide) groups is 1. The lowest BCUT2D eigenvalue weighted by Gasteiger charge is -2.25. The normalized spacial score (nSPS) is 19.6. The van der Waals surface area contributed by atoms with Gasteiger partial charge in [-0.05, 0) is 26.3 Å². The highest BCUT2D eigenvalue weighted by Crippen LogP contribution is 2.27. The smallest absolute Gasteiger partial charge is 0.146 e. The van der Waals surface area contributed by atoms with Gasteiger partial charge in [0.2, 0.25) is 0 Å². The van der Waals surface area contributed by atoms with Gasteiger partial charge in [-0.2, -0.15) is 0 Å². The predicted molar refractivity (Wildman–Crippen MR) is 63.9 cm³/mol. The van der Waals surface area contributed by atoms with E-state index in [1.54, 1.807) is 18.9 Å². The van der Waals surface area contributed by atoms with Gasteiger partial charge in [-0.3, -0.25) is 4.99 Å². The van der Waals surface area contributed by atoms with Gasteiger partial charge in [-0.15, -0.1) is 6.58 Å². The lowest BCUT2D eigenvalue weighted by atomic mass is 9.99. The van der Waals surface area contributed by atoms with E-state index in [0.717, 1.165) is 23.0 Å². The number of nitrogens with zero attached hydrogens (tertiary/aromatic N) is 1. The summed E-state index contributed by atoms with van der Waals surface area (Å²) in [6.07, 6.45) is 4.93. The van der Waals surface area contributed by atoms with Crippen molar-refractivity contribution in [2.75, 3.05) is 12.9 Å². The molecule has 0 aromatic rings. The fourth-order valence-electron chi connectivity index (χ4n) is 1.22. The molecule has 3 heteroatoms. The first-order valence-corrected chi connectivity index (χ1v) is 5.65. The molecule has 0 aromatic carbocycles. The van der Waals surface area contributed by atoms with Crippen LogP contribution in [0.3, 0.4) is 0 Å². The molecule has 0 fully saturated rings. The number of methoxy groups -OCH3 is 1. The standard InChI is InChI=1S/C11H17NOS/c1-5-8-14-10-9(13-4)6-7-11(2,3)12-10/h5-6H,1,7-8H2,2-4H3. The fraction of sp³-hybridized carbons (Fsp3) is 0.545. The van der Waals surface area contributed by atoms with Crippen molar-refractivity contribution in [3.05, 3.63) is 24.5 Å². The van der Waals surface area contributed by atoms with E-state index in [2.05, 4.69) is 31.5 Å². The maximum absolute atomic E-state index is 5.27. The predicted octanol–water partition coefficient (Wildman–Crippen LogP) is 3.02. The summed E-state index contributed by atoms with van der Waals surface area (Å²) in [7, 11) is 1.69. The number of hydrogen-bond donors (Lipinski definition) is 0. The molecule has 1 heterocycles. The van der Waals surface area contributed by atoms with Gasteiger partial charge in [0.15, 0.2) is 0 Å². The third-order valence-corrected chi connectivity index (χ3v) is 2.93. The second-order valence-electron chi connectivity index (χ2n) is 3.81. The molecule has 0 aliphatic carbocycles. The molecule has 1 aliphatic heterocycles. The summed E-state index contributed by atoms with van der Waals surface area (Å²) >= 11 is 1.67. The first-order chi connectivity index (χ1) is 6.59. The number of dihydropyridines is 1. The molecule has 0 saturated carbocycles. The molecular weight excluding hydrogens is 194 g/mol. The van der Waals surface area contributed by atoms with Crippen LogP contribution in [-0.4, -0.2) is 23.4 Å². The molecule has 0 bridgehead atoms. The van der Waals surface area contributed by atoms with Gasteiger partial charge in [0.1, 0.15) is 10.8 Å². The largest absolute Gasteiger partial charge is 0.494 e. The monoisotopic (exact) mass is 211 g/mol. The Labute approximate surface area is 90.1 Å². The van der Waals surface area contributed by atoms with Crippen molar-refractivity contribution in [1.29, 1.82) is 0 Å². The van der Waals surface area contributed by atoms with Crippen molar-refractivity contribution in [1.82, 2.24) is 0 Å². The molecule has 0 N–H and O–H groups in total. The summed E-state index contributed by atoms with van der Waals surface area (Å²) in [5.74, 6) is 1.77. The van der Waals surface area contributed by atoms with Crippen LogP contribution in [0.5, 0.6) is 0 Å². The van der Waals surface area contributed by atoms with Gasteiger partial charge < -0.3 is 4.74 Å². The highest BCUT2D eigenvalue weighted by atomic mass is 32.2. The fourth-order valence-corrected chi connectivity index (χ4v) is 2.11. The van der Waals surface area contributed by atoms with Crippen molar-refractivity contribution < 1.29 is 4.74 Å². The molecule has 78 valence electrons. The zero-order chi connectivity index (χ0) is 10.6. The van der Waals surface area contributed by atoms with E-state index < -0.39 is 0 Å². The summed E-state index contributed by atoms with van der Waals surface area (Å²) < 4.78 is 5.27. The van der Waals surface area contributed by atoms with Crippen LogP contribution in [-0.2, 0) is 4.74 Å². The number of ether oxygens (including phenoxy) is 1. The zero-order valence-corrected chi connectivity index (χ0v) is 9.86. The molecule has 1 rings (SSSR count). The van der Waals surface area contributed by atoms with Gasteiger partial charge in [-0.1, -0.05) is 17.8 Å². The van der Waals surface area contributed by atoms with Crippen molar-refractivity contribution >= 4 is 16.8 Å². The van der Waals surface area contributed by atoms with E-state index in [-0.39, 0.29) is 5.54 Å². The zero-order valence-electron chi connectivity index (χ0n) is 9.04. The van der Waals surface area contributed by atoms with Gasteiger partial charge >= 0.3 is 0 Å². The van der Waals surface area contributed by atoms with Crippen molar-refractivity contribution in [3.8, 4) is 0 Å². The van der Waals surface area contributed by atoms with Crippen LogP contribution in [0, 0.1) is 0 Å². The van der Waals surface area contributed by atoms with E-state index >= 15 is 0 Å². The van der Waals surface area contributed by atoms with Gasteiger partial charge in [0, 0.05) is 5.75 Å². The Hall–Kier alpha value is -0.700. The summed E-state index contributed by atoms with van der Waals surface area (Å²) in [5.41, 5.74) is 0.00549. The summed E-state index contributed by atoms with van der Waals surface area (Å²) in [4.78, 5) is 4.64. The average molecular weight is 211 g/mol. The minimum atomic E-state index is 0.00549. The molecule has 0 spiro atoms. The van der Waals surface area contributed by atoms with Crippen molar-refractivity contribution in [2.45, 2.75) is 25.8 Å². The lowest BCUT2D eigenvalue weighted by Crippen LogP contribution is -2.23. The van der Waals surface area contributed by atoms with Crippen LogP contribution in [0.25, 0.3) is 0 Å². The molecule has 0 radical (unpaired) electrons. The quantitative estimate of drug-likeness (QED) is 0.669. The molecule has 0 atom stereocenters. The molecular formula is C11H17NOS. The van der Waals surface area contributed by atoms with E-state index in [9.17, 15) is 0 Å². The van der Waals surface area contributed by atoms with Crippen molar-refractivity contribution in [3.63, 3.8) is 0 Å². The Morgan fingerprint density at radius 1 is 1.71 bits per heavy atom. The maximum atomic E-state index is 5.27. The second kappa shape index (κ2) is 4.69. The molecule has 0 amide bonds. The van der Waals surface area contributed by atoms with Crippen LogP contribution in [0.1, 0.15) is 20.3 Å². The number of rotatable bonds is 3. The Morgan fingerprint density at radius 2 is 2.43 bits per heavy atom. The third kappa shape index (κ3) is 2.91. The summed E-state index contributed by atoms with van der Waals surface area (Å²) in [6.45, 7) is 7.95. The van der Waals surface area contributed by atoms with Crippen LogP contribution < -0.4 is 0 Å². The Bertz CT molecular complexity index is 279. The maximum Gasteiger partial charge on any atom is 0.146 e. The van der Waals surface area contributed by atoms with E-state index in [0.29, 0.717) is 0 Å². The van der Waals surface area contributed by atoms with E-state index in [1.165, 1.54) is 0 Å². The second-order valence-corrected chi connectivity index (χ2v) is 4.81. The van der Waals surface area contributed by atoms with Gasteiger partial charge in [0.05, 0.1) is 12.6 Å². The Morgan fingerprint density at radius 3 is 3.00 bits per heavy atom. The molecule has 0 saturated heterocycles. The number of aliphatic imine (C=N–C) groups is 1. The number of hydrogen-bond acceptors (Lipinski definition) is 3. The molecule has 1 aliphatic rings. The Balaban J connectivity index is 2.77. The molecule has 0 aromatic heterocycles. The highest BCUT2D eigenvalue weighted by molar-refractivity contribution is 8.14. The van der Waals surface area contributed by atoms with Crippen LogP contribution in [0.2, 0.25) is 0 Å². The first kappa shape index (κ1) is 11.4. The summed E-state index contributed by atoms with van der Waals surface area (Å²) in [6, 6.07) is 0. The van der Waals surface area contributed by atoms with E-state index in [1.807, 2.05) is 6.08 Å². The molecule has 14 heavy (non-hydrogen) atoms. The minimum absolute atomic E-state index is 0.00549.